The summed E-state index contributed by atoms with van der Waals surface area (Å²) in [7, 11) is 0. The van der Waals surface area contributed by atoms with E-state index in [2.05, 4.69) is 39.0 Å². The molecule has 2 aromatic heterocycles. The molecule has 2 N–H and O–H groups in total. The van der Waals surface area contributed by atoms with E-state index in [4.69, 9.17) is 9.72 Å². The molecule has 1 aliphatic rings. The van der Waals surface area contributed by atoms with E-state index in [9.17, 15) is 14.4 Å². The van der Waals surface area contributed by atoms with Gasteiger partial charge in [-0.2, -0.15) is 0 Å². The van der Waals surface area contributed by atoms with Gasteiger partial charge in [-0.25, -0.2) is 9.97 Å². The van der Waals surface area contributed by atoms with Crippen molar-refractivity contribution in [3.8, 4) is 5.75 Å². The number of piperazine rings is 1. The van der Waals surface area contributed by atoms with E-state index in [1.54, 1.807) is 25.3 Å². The second-order valence-electron chi connectivity index (χ2n) is 11.3. The number of carbonyl (C=O) groups is 3. The highest BCUT2D eigenvalue weighted by Gasteiger charge is 2.30. The van der Waals surface area contributed by atoms with Crippen LogP contribution in [0.2, 0.25) is 0 Å². The van der Waals surface area contributed by atoms with E-state index in [1.807, 2.05) is 50.9 Å². The average Bonchev–Trinajstić information content (AvgIpc) is 3.02. The Bertz CT molecular complexity index is 1560. The fourth-order valence-electron chi connectivity index (χ4n) is 5.35. The molecule has 0 spiro atoms. The first kappa shape index (κ1) is 33.3. The third-order valence-corrected chi connectivity index (χ3v) is 7.93. The zero-order valence-corrected chi connectivity index (χ0v) is 27.0. The minimum Gasteiger partial charge on any atom is -0.482 e. The minimum atomic E-state index is -0.524. The maximum absolute atomic E-state index is 13.4. The average molecular weight is 614 g/mol. The number of pyridine rings is 1. The maximum atomic E-state index is 13.4. The number of aryl methyl sites for hydroxylation is 4. The number of ether oxygens (including phenoxy) is 1. The predicted molar refractivity (Wildman–Crippen MR) is 173 cm³/mol. The van der Waals surface area contributed by atoms with Crippen molar-refractivity contribution in [2.45, 2.75) is 60.1 Å². The Morgan fingerprint density at radius 2 is 1.82 bits per heavy atom. The topological polar surface area (TPSA) is 130 Å². The zero-order chi connectivity index (χ0) is 32.7. The van der Waals surface area contributed by atoms with Crippen LogP contribution in [0.5, 0.6) is 5.75 Å². The highest BCUT2D eigenvalue weighted by Crippen LogP contribution is 2.30. The highest BCUT2D eigenvalue weighted by atomic mass is 16.5. The van der Waals surface area contributed by atoms with Gasteiger partial charge in [0.2, 0.25) is 5.91 Å². The number of rotatable bonds is 11. The van der Waals surface area contributed by atoms with E-state index in [1.165, 1.54) is 6.08 Å². The molecule has 1 aromatic carbocycles. The van der Waals surface area contributed by atoms with Crippen molar-refractivity contribution >= 4 is 23.5 Å². The van der Waals surface area contributed by atoms with Crippen molar-refractivity contribution in [2.24, 2.45) is 0 Å². The van der Waals surface area contributed by atoms with Gasteiger partial charge in [-0.1, -0.05) is 19.6 Å². The Morgan fingerprint density at radius 1 is 1.04 bits per heavy atom. The van der Waals surface area contributed by atoms with Gasteiger partial charge in [-0.15, -0.1) is 0 Å². The SMILES string of the molecule is C=CC(=O)N1CCN(C[C@@H](Oc2cc(C)c(C(=O)Nc3nc(C)ncc3C)cc2C(=O)NCC)c2ccc(CC)cn2)C[C@H]1C. The van der Waals surface area contributed by atoms with Gasteiger partial charge in [-0.05, 0) is 76.4 Å². The highest BCUT2D eigenvalue weighted by molar-refractivity contribution is 6.07. The number of nitrogens with zero attached hydrogens (tertiary/aromatic N) is 5. The number of aromatic nitrogens is 3. The lowest BCUT2D eigenvalue weighted by Gasteiger charge is -2.40. The third kappa shape index (κ3) is 8.10. The molecule has 11 nitrogen and oxygen atoms in total. The fourth-order valence-corrected chi connectivity index (χ4v) is 5.35. The molecule has 0 saturated carbocycles. The summed E-state index contributed by atoms with van der Waals surface area (Å²) in [5, 5.41) is 5.71. The van der Waals surface area contributed by atoms with Gasteiger partial charge in [-0.3, -0.25) is 24.3 Å². The zero-order valence-electron chi connectivity index (χ0n) is 27.0. The molecule has 0 radical (unpaired) electrons. The molecule has 3 aromatic rings. The van der Waals surface area contributed by atoms with E-state index < -0.39 is 6.10 Å². The predicted octanol–water partition coefficient (Wildman–Crippen LogP) is 4.20. The standard InChI is InChI=1S/C34H43N7O4/c1-8-25-11-12-28(37-18-25)30(20-40-13-14-41(23(6)19-40)31(42)9-2)45-29-15-21(4)26(16-27(29)33(43)35-10-3)34(44)39-32-22(5)17-36-24(7)38-32/h9,11-12,15-18,23,30H,2,8,10,13-14,19-20H2,1,3-7H3,(H,35,43)(H,36,38,39,44)/t23-,30-/m1/s1. The second kappa shape index (κ2) is 14.9. The Balaban J connectivity index is 1.67. The number of carbonyl (C=O) groups excluding carboxylic acids is 3. The summed E-state index contributed by atoms with van der Waals surface area (Å²) >= 11 is 0. The third-order valence-electron chi connectivity index (χ3n) is 7.93. The van der Waals surface area contributed by atoms with Crippen LogP contribution in [0.3, 0.4) is 0 Å². The smallest absolute Gasteiger partial charge is 0.257 e. The van der Waals surface area contributed by atoms with Crippen molar-refractivity contribution in [3.05, 3.63) is 88.6 Å². The van der Waals surface area contributed by atoms with E-state index >= 15 is 0 Å². The van der Waals surface area contributed by atoms with Crippen LogP contribution in [0, 0.1) is 20.8 Å². The van der Waals surface area contributed by atoms with Crippen molar-refractivity contribution in [1.82, 2.24) is 30.1 Å². The van der Waals surface area contributed by atoms with Crippen molar-refractivity contribution in [1.29, 1.82) is 0 Å². The molecule has 4 rings (SSSR count). The minimum absolute atomic E-state index is 0.00595. The largest absolute Gasteiger partial charge is 0.482 e. The molecule has 11 heteroatoms. The Hall–Kier alpha value is -4.64. The molecular weight excluding hydrogens is 570 g/mol. The van der Waals surface area contributed by atoms with E-state index in [0.29, 0.717) is 61.2 Å². The molecule has 1 fully saturated rings. The number of amides is 3. The molecular formula is C34H43N7O4. The fraction of sp³-hybridized carbons (Fsp3) is 0.412. The van der Waals surface area contributed by atoms with E-state index in [0.717, 1.165) is 23.2 Å². The molecule has 238 valence electrons. The number of benzene rings is 1. The molecule has 0 bridgehead atoms. The van der Waals surface area contributed by atoms with Crippen LogP contribution in [0.25, 0.3) is 0 Å². The molecule has 2 atom stereocenters. The lowest BCUT2D eigenvalue weighted by atomic mass is 10.0. The molecule has 0 aliphatic carbocycles. The van der Waals surface area contributed by atoms with Crippen molar-refractivity contribution in [3.63, 3.8) is 0 Å². The van der Waals surface area contributed by atoms with Crippen LogP contribution in [0.15, 0.2) is 49.3 Å². The second-order valence-corrected chi connectivity index (χ2v) is 11.3. The summed E-state index contributed by atoms with van der Waals surface area (Å²) in [4.78, 5) is 56.4. The van der Waals surface area contributed by atoms with Crippen LogP contribution in [0.4, 0.5) is 5.82 Å². The van der Waals surface area contributed by atoms with Crippen LogP contribution in [-0.2, 0) is 11.2 Å². The summed E-state index contributed by atoms with van der Waals surface area (Å²) in [5.41, 5.74) is 3.76. The quantitative estimate of drug-likeness (QED) is 0.308. The van der Waals surface area contributed by atoms with Crippen molar-refractivity contribution in [2.75, 3.05) is 38.0 Å². The van der Waals surface area contributed by atoms with Gasteiger partial charge in [0, 0.05) is 62.3 Å². The van der Waals surface area contributed by atoms with Gasteiger partial charge in [0.15, 0.2) is 6.10 Å². The molecule has 45 heavy (non-hydrogen) atoms. The summed E-state index contributed by atoms with van der Waals surface area (Å²) in [6.07, 6.45) is 5.18. The first-order chi connectivity index (χ1) is 21.5. The number of hydrogen-bond donors (Lipinski definition) is 2. The Morgan fingerprint density at radius 3 is 2.47 bits per heavy atom. The number of hydrogen-bond acceptors (Lipinski definition) is 8. The van der Waals surface area contributed by atoms with E-state index in [-0.39, 0.29) is 29.3 Å². The van der Waals surface area contributed by atoms with Gasteiger partial charge < -0.3 is 20.3 Å². The van der Waals surface area contributed by atoms with Gasteiger partial charge >= 0.3 is 0 Å². The summed E-state index contributed by atoms with van der Waals surface area (Å²) in [6.45, 7) is 17.7. The van der Waals surface area contributed by atoms with Gasteiger partial charge in [0.1, 0.15) is 17.4 Å². The maximum Gasteiger partial charge on any atom is 0.257 e. The molecule has 3 heterocycles. The van der Waals surface area contributed by atoms with Crippen LogP contribution in [-0.4, -0.2) is 81.2 Å². The normalized spacial score (nSPS) is 15.7. The number of anilines is 1. The lowest BCUT2D eigenvalue weighted by molar-refractivity contribution is -0.130. The molecule has 0 unspecified atom stereocenters. The first-order valence-corrected chi connectivity index (χ1v) is 15.4. The van der Waals surface area contributed by atoms with Crippen LogP contribution >= 0.6 is 0 Å². The summed E-state index contributed by atoms with van der Waals surface area (Å²) in [6, 6.07) is 7.28. The Kier molecular flexibility index (Phi) is 11.0. The monoisotopic (exact) mass is 613 g/mol. The van der Waals surface area contributed by atoms with Crippen molar-refractivity contribution < 1.29 is 19.1 Å². The van der Waals surface area contributed by atoms with Gasteiger partial charge in [0.25, 0.3) is 11.8 Å². The molecule has 1 saturated heterocycles. The van der Waals surface area contributed by atoms with Crippen LogP contribution < -0.4 is 15.4 Å². The molecule has 3 amide bonds. The number of nitrogens with one attached hydrogen (secondary N) is 2. The Labute approximate surface area is 265 Å². The summed E-state index contributed by atoms with van der Waals surface area (Å²) in [5.74, 6) is 0.479. The summed E-state index contributed by atoms with van der Waals surface area (Å²) < 4.78 is 6.66. The first-order valence-electron chi connectivity index (χ1n) is 15.4. The van der Waals surface area contributed by atoms with Gasteiger partial charge in [0.05, 0.1) is 11.3 Å². The lowest BCUT2D eigenvalue weighted by Crippen LogP contribution is -2.54. The molecule has 1 aliphatic heterocycles. The van der Waals surface area contributed by atoms with Crippen LogP contribution in [0.1, 0.15) is 75.8 Å².